The second-order valence-corrected chi connectivity index (χ2v) is 10.4. The third kappa shape index (κ3) is 3.71. The molecular formula is C21H24N4O4S. The van der Waals surface area contributed by atoms with Crippen LogP contribution in [-0.2, 0) is 9.59 Å². The van der Waals surface area contributed by atoms with Gasteiger partial charge in [0, 0.05) is 12.5 Å². The van der Waals surface area contributed by atoms with Crippen LogP contribution in [0.3, 0.4) is 0 Å². The first-order valence-corrected chi connectivity index (χ1v) is 11.4. The Balaban J connectivity index is 1.24. The molecule has 30 heavy (non-hydrogen) atoms. The molecule has 0 aromatic heterocycles. The van der Waals surface area contributed by atoms with Crippen LogP contribution in [0, 0.1) is 27.9 Å². The average Bonchev–Trinajstić information content (AvgIpc) is 2.98. The summed E-state index contributed by atoms with van der Waals surface area (Å²) < 4.78 is 0. The Morgan fingerprint density at radius 1 is 1.20 bits per heavy atom. The molecule has 1 heterocycles. The molecule has 9 heteroatoms. The van der Waals surface area contributed by atoms with Gasteiger partial charge >= 0.3 is 0 Å². The second-order valence-electron chi connectivity index (χ2n) is 9.18. The minimum absolute atomic E-state index is 0.0356. The topological polar surface area (TPSA) is 114 Å². The maximum absolute atomic E-state index is 12.4. The molecule has 2 N–H and O–H groups in total. The van der Waals surface area contributed by atoms with Crippen molar-refractivity contribution in [3.05, 3.63) is 34.4 Å². The summed E-state index contributed by atoms with van der Waals surface area (Å²) in [6.07, 6.45) is 7.28. The number of nitrogens with zero attached hydrogens (tertiary/aromatic N) is 2. The van der Waals surface area contributed by atoms with E-state index in [1.807, 2.05) is 0 Å². The lowest BCUT2D eigenvalue weighted by atomic mass is 9.53. The van der Waals surface area contributed by atoms with Crippen LogP contribution in [0.25, 0.3) is 0 Å². The van der Waals surface area contributed by atoms with Crippen LogP contribution < -0.4 is 10.6 Å². The van der Waals surface area contributed by atoms with E-state index in [1.54, 1.807) is 12.1 Å². The third-order valence-corrected chi connectivity index (χ3v) is 7.95. The van der Waals surface area contributed by atoms with E-state index in [0.29, 0.717) is 5.17 Å². The molecule has 6 rings (SSSR count). The van der Waals surface area contributed by atoms with Crippen LogP contribution in [0.2, 0.25) is 0 Å². The Morgan fingerprint density at radius 2 is 1.83 bits per heavy atom. The summed E-state index contributed by atoms with van der Waals surface area (Å²) in [6, 6.07) is 5.98. The van der Waals surface area contributed by atoms with Gasteiger partial charge in [-0.15, -0.1) is 0 Å². The molecule has 5 fully saturated rings. The molecule has 5 aliphatic rings. The first-order chi connectivity index (χ1) is 14.4. The minimum atomic E-state index is -0.569. The Morgan fingerprint density at radius 3 is 2.47 bits per heavy atom. The largest absolute Gasteiger partial charge is 0.320 e. The molecule has 4 aliphatic carbocycles. The average molecular weight is 429 g/mol. The molecule has 4 saturated carbocycles. The van der Waals surface area contributed by atoms with Gasteiger partial charge in [-0.2, -0.15) is 0 Å². The van der Waals surface area contributed by atoms with E-state index in [-0.39, 0.29) is 29.2 Å². The highest BCUT2D eigenvalue weighted by atomic mass is 32.2. The summed E-state index contributed by atoms with van der Waals surface area (Å²) in [7, 11) is 0. The number of amidine groups is 1. The number of carbonyl (C=O) groups excluding carboxylic acids is 2. The fraction of sp³-hybridized carbons (Fsp3) is 0.571. The van der Waals surface area contributed by atoms with Gasteiger partial charge in [-0.25, -0.2) is 0 Å². The summed E-state index contributed by atoms with van der Waals surface area (Å²) in [4.78, 5) is 40.5. The van der Waals surface area contributed by atoms with Gasteiger partial charge in [0.25, 0.3) is 5.69 Å². The lowest BCUT2D eigenvalue weighted by Crippen LogP contribution is -2.50. The molecule has 1 aromatic carbocycles. The van der Waals surface area contributed by atoms with Gasteiger partial charge in [0.1, 0.15) is 10.9 Å². The van der Waals surface area contributed by atoms with E-state index < -0.39 is 16.1 Å². The van der Waals surface area contributed by atoms with Gasteiger partial charge < -0.3 is 10.6 Å². The van der Waals surface area contributed by atoms with Crippen LogP contribution in [0.4, 0.5) is 11.4 Å². The molecule has 1 atom stereocenters. The van der Waals surface area contributed by atoms with E-state index in [1.165, 1.54) is 43.2 Å². The molecule has 1 saturated heterocycles. The van der Waals surface area contributed by atoms with Gasteiger partial charge in [-0.3, -0.25) is 24.7 Å². The van der Waals surface area contributed by atoms with E-state index >= 15 is 0 Å². The van der Waals surface area contributed by atoms with Gasteiger partial charge in [0.2, 0.25) is 11.8 Å². The van der Waals surface area contributed by atoms with E-state index in [9.17, 15) is 19.7 Å². The van der Waals surface area contributed by atoms with Gasteiger partial charge in [0.15, 0.2) is 5.17 Å². The lowest BCUT2D eigenvalue weighted by Gasteiger charge is -2.55. The van der Waals surface area contributed by atoms with Crippen LogP contribution in [0.15, 0.2) is 29.3 Å². The molecule has 1 aliphatic heterocycles. The SMILES string of the molecule is O=C(CC1SC(=NC23CC4CC(CC(C4)C2)C3)NC1=O)Nc1ccccc1[N+](=O)[O-]. The van der Waals surface area contributed by atoms with Crippen molar-refractivity contribution < 1.29 is 14.5 Å². The van der Waals surface area contributed by atoms with Crippen molar-refractivity contribution in [2.45, 2.75) is 55.7 Å². The first-order valence-electron chi connectivity index (χ1n) is 10.5. The zero-order chi connectivity index (χ0) is 20.9. The molecule has 158 valence electrons. The van der Waals surface area contributed by atoms with E-state index in [4.69, 9.17) is 4.99 Å². The molecule has 2 amide bonds. The standard InChI is InChI=1S/C21H24N4O4S/c26-18(22-15-3-1-2-4-16(15)25(28)29)8-17-19(27)23-20(30-17)24-21-9-12-5-13(10-21)7-14(6-12)11-21/h1-4,12-14,17H,5-11H2,(H,22,26)(H,23,24,27). The van der Waals surface area contributed by atoms with E-state index in [2.05, 4.69) is 10.6 Å². The van der Waals surface area contributed by atoms with Crippen molar-refractivity contribution >= 4 is 40.1 Å². The van der Waals surface area contributed by atoms with Crippen molar-refractivity contribution in [3.8, 4) is 0 Å². The van der Waals surface area contributed by atoms with Crippen molar-refractivity contribution in [1.29, 1.82) is 0 Å². The maximum Gasteiger partial charge on any atom is 0.292 e. The number of nitrogens with one attached hydrogen (secondary N) is 2. The summed E-state index contributed by atoms with van der Waals surface area (Å²) >= 11 is 1.31. The Bertz CT molecular complexity index is 911. The summed E-state index contributed by atoms with van der Waals surface area (Å²) in [6.45, 7) is 0. The number of benzene rings is 1. The summed E-state index contributed by atoms with van der Waals surface area (Å²) in [5, 5.41) is 16.6. The number of hydrogen-bond donors (Lipinski definition) is 2. The molecule has 4 bridgehead atoms. The second kappa shape index (κ2) is 7.37. The molecular weight excluding hydrogens is 404 g/mol. The molecule has 0 radical (unpaired) electrons. The van der Waals surface area contributed by atoms with Gasteiger partial charge in [-0.05, 0) is 62.3 Å². The molecule has 0 spiro atoms. The summed E-state index contributed by atoms with van der Waals surface area (Å²) in [5.74, 6) is 1.66. The van der Waals surface area contributed by atoms with Crippen molar-refractivity contribution in [3.63, 3.8) is 0 Å². The number of rotatable bonds is 5. The number of nitro benzene ring substituents is 1. The van der Waals surface area contributed by atoms with Crippen LogP contribution in [0.1, 0.15) is 44.9 Å². The number of para-hydroxylation sites is 2. The minimum Gasteiger partial charge on any atom is -0.320 e. The van der Waals surface area contributed by atoms with Crippen molar-refractivity contribution in [2.75, 3.05) is 5.32 Å². The zero-order valence-electron chi connectivity index (χ0n) is 16.5. The Kier molecular flexibility index (Phi) is 4.80. The maximum atomic E-state index is 12.4. The highest BCUT2D eigenvalue weighted by Crippen LogP contribution is 2.57. The van der Waals surface area contributed by atoms with Crippen LogP contribution in [0.5, 0.6) is 0 Å². The first kappa shape index (κ1) is 19.5. The number of amides is 2. The fourth-order valence-corrected chi connectivity index (χ4v) is 7.19. The van der Waals surface area contributed by atoms with Crippen molar-refractivity contribution in [2.24, 2.45) is 22.7 Å². The van der Waals surface area contributed by atoms with Gasteiger partial charge in [-0.1, -0.05) is 23.9 Å². The van der Waals surface area contributed by atoms with Crippen LogP contribution in [-0.4, -0.2) is 32.7 Å². The van der Waals surface area contributed by atoms with Crippen molar-refractivity contribution in [1.82, 2.24) is 5.32 Å². The Labute approximate surface area is 178 Å². The monoisotopic (exact) mass is 428 g/mol. The predicted octanol–water partition coefficient (Wildman–Crippen LogP) is 3.48. The fourth-order valence-electron chi connectivity index (χ4n) is 6.12. The number of hydrogen-bond acceptors (Lipinski definition) is 6. The third-order valence-electron chi connectivity index (χ3n) is 6.87. The lowest BCUT2D eigenvalue weighted by molar-refractivity contribution is -0.383. The normalized spacial score (nSPS) is 35.5. The number of thioether (sulfide) groups is 1. The molecule has 8 nitrogen and oxygen atoms in total. The summed E-state index contributed by atoms with van der Waals surface area (Å²) in [5.41, 5.74) is -0.0663. The van der Waals surface area contributed by atoms with Gasteiger partial charge in [0.05, 0.1) is 10.5 Å². The molecule has 1 aromatic rings. The molecule has 1 unspecified atom stereocenters. The smallest absolute Gasteiger partial charge is 0.292 e. The van der Waals surface area contributed by atoms with Crippen LogP contribution >= 0.6 is 11.8 Å². The number of carbonyl (C=O) groups is 2. The quantitative estimate of drug-likeness (QED) is 0.551. The Hall–Kier alpha value is -2.42. The number of aliphatic imine (C=N–C) groups is 1. The highest BCUT2D eigenvalue weighted by molar-refractivity contribution is 8.15. The highest BCUT2D eigenvalue weighted by Gasteiger charge is 2.51. The zero-order valence-corrected chi connectivity index (χ0v) is 17.3. The number of nitro groups is 1. The predicted molar refractivity (Wildman–Crippen MR) is 114 cm³/mol. The number of anilines is 1. The van der Waals surface area contributed by atoms with E-state index in [0.717, 1.165) is 37.0 Å².